The van der Waals surface area contributed by atoms with Crippen LogP contribution < -0.4 is 0 Å². The minimum Gasteiger partial charge on any atom is -0.236 e. The summed E-state index contributed by atoms with van der Waals surface area (Å²) in [5, 5.41) is 0.822. The van der Waals surface area contributed by atoms with Gasteiger partial charge in [-0.1, -0.05) is 44.0 Å². The molecule has 0 atom stereocenters. The van der Waals surface area contributed by atoms with Gasteiger partial charge in [-0.05, 0) is 37.3 Å². The number of aryl methyl sites for hydroxylation is 1. The molecule has 1 nitrogen and oxygen atoms in total. The molecule has 0 N–H and O–H groups in total. The molecule has 0 saturated heterocycles. The molecule has 2 aromatic carbocycles. The van der Waals surface area contributed by atoms with Crippen LogP contribution >= 0.6 is 43.2 Å². The van der Waals surface area contributed by atoms with E-state index in [-0.39, 0.29) is 5.82 Å². The predicted octanol–water partition coefficient (Wildman–Crippen LogP) is 6.45. The highest BCUT2D eigenvalue weighted by Gasteiger charge is 2.12. The van der Waals surface area contributed by atoms with E-state index in [1.54, 1.807) is 11.3 Å². The molecule has 0 fully saturated rings. The number of nitrogens with zero attached hydrogens (tertiary/aromatic N) is 1. The Labute approximate surface area is 143 Å². The van der Waals surface area contributed by atoms with Crippen molar-refractivity contribution in [3.8, 4) is 21.8 Å². The van der Waals surface area contributed by atoms with Gasteiger partial charge in [-0.25, -0.2) is 9.37 Å². The second kappa shape index (κ2) is 5.99. The van der Waals surface area contributed by atoms with Crippen LogP contribution in [0.5, 0.6) is 0 Å². The number of benzene rings is 2. The Balaban J connectivity index is 2.09. The topological polar surface area (TPSA) is 12.9 Å². The van der Waals surface area contributed by atoms with E-state index in [1.165, 1.54) is 12.1 Å². The van der Waals surface area contributed by atoms with Crippen molar-refractivity contribution in [1.82, 2.24) is 4.98 Å². The zero-order chi connectivity index (χ0) is 15.0. The third kappa shape index (κ3) is 3.25. The van der Waals surface area contributed by atoms with Gasteiger partial charge >= 0.3 is 0 Å². The Kier molecular flexibility index (Phi) is 4.24. The molecule has 0 radical (unpaired) electrons. The summed E-state index contributed by atoms with van der Waals surface area (Å²) in [5.74, 6) is -0.267. The quantitative estimate of drug-likeness (QED) is 0.458. The molecule has 0 spiro atoms. The molecule has 0 bridgehead atoms. The number of thiazole rings is 1. The van der Waals surface area contributed by atoms with Gasteiger partial charge in [0, 0.05) is 24.9 Å². The average molecular weight is 427 g/mol. The van der Waals surface area contributed by atoms with E-state index in [9.17, 15) is 4.39 Å². The molecular weight excluding hydrogens is 417 g/mol. The second-order valence-corrected chi connectivity index (χ2v) is 7.63. The van der Waals surface area contributed by atoms with Crippen LogP contribution in [0.4, 0.5) is 4.39 Å². The van der Waals surface area contributed by atoms with Crippen molar-refractivity contribution in [2.75, 3.05) is 0 Å². The van der Waals surface area contributed by atoms with Gasteiger partial charge in [0.15, 0.2) is 0 Å². The highest BCUT2D eigenvalue weighted by atomic mass is 79.9. The minimum absolute atomic E-state index is 0.267. The lowest BCUT2D eigenvalue weighted by atomic mass is 10.1. The van der Waals surface area contributed by atoms with Crippen molar-refractivity contribution in [1.29, 1.82) is 0 Å². The van der Waals surface area contributed by atoms with Crippen LogP contribution in [0.1, 0.15) is 4.88 Å². The van der Waals surface area contributed by atoms with Gasteiger partial charge < -0.3 is 0 Å². The van der Waals surface area contributed by atoms with Crippen molar-refractivity contribution >= 4 is 43.2 Å². The maximum atomic E-state index is 13.5. The first-order chi connectivity index (χ1) is 10.0. The second-order valence-electron chi connectivity index (χ2n) is 4.59. The monoisotopic (exact) mass is 425 g/mol. The fourth-order valence-electron chi connectivity index (χ4n) is 2.10. The molecule has 106 valence electrons. The number of aromatic nitrogens is 1. The number of halogens is 3. The third-order valence-electron chi connectivity index (χ3n) is 3.00. The average Bonchev–Trinajstić information content (AvgIpc) is 2.80. The van der Waals surface area contributed by atoms with E-state index in [1.807, 2.05) is 37.3 Å². The molecule has 3 rings (SSSR count). The zero-order valence-corrected chi connectivity index (χ0v) is 15.0. The van der Waals surface area contributed by atoms with E-state index in [4.69, 9.17) is 0 Å². The summed E-state index contributed by atoms with van der Waals surface area (Å²) in [6.07, 6.45) is 0. The molecule has 0 aliphatic rings. The molecule has 5 heteroatoms. The van der Waals surface area contributed by atoms with Crippen molar-refractivity contribution in [2.24, 2.45) is 0 Å². The van der Waals surface area contributed by atoms with E-state index in [0.717, 1.165) is 31.2 Å². The van der Waals surface area contributed by atoms with E-state index in [0.29, 0.717) is 4.47 Å². The summed E-state index contributed by atoms with van der Waals surface area (Å²) in [4.78, 5) is 5.80. The normalized spacial score (nSPS) is 10.9. The lowest BCUT2D eigenvalue weighted by molar-refractivity contribution is 0.627. The van der Waals surface area contributed by atoms with Gasteiger partial charge in [0.05, 0.1) is 5.69 Å². The van der Waals surface area contributed by atoms with E-state index < -0.39 is 0 Å². The van der Waals surface area contributed by atoms with Crippen molar-refractivity contribution in [2.45, 2.75) is 6.92 Å². The standard InChI is InChI=1S/C16H10Br2FNS/c1-9-15(10-3-2-4-12(17)5-10)20-16(21-9)11-6-13(18)8-14(19)7-11/h2-8H,1H3. The molecule has 0 aliphatic heterocycles. The van der Waals surface area contributed by atoms with Crippen LogP contribution in [0.25, 0.3) is 21.8 Å². The summed E-state index contributed by atoms with van der Waals surface area (Å²) in [5.41, 5.74) is 2.78. The molecule has 0 saturated carbocycles. The first kappa shape index (κ1) is 14.9. The number of hydrogen-bond donors (Lipinski definition) is 0. The highest BCUT2D eigenvalue weighted by molar-refractivity contribution is 9.10. The number of hydrogen-bond acceptors (Lipinski definition) is 2. The van der Waals surface area contributed by atoms with Gasteiger partial charge in [0.2, 0.25) is 0 Å². The molecule has 21 heavy (non-hydrogen) atoms. The molecule has 0 amide bonds. The molecule has 1 heterocycles. The zero-order valence-electron chi connectivity index (χ0n) is 11.0. The summed E-state index contributed by atoms with van der Waals surface area (Å²) in [6, 6.07) is 12.9. The maximum absolute atomic E-state index is 13.5. The van der Waals surface area contributed by atoms with Crippen LogP contribution in [0.2, 0.25) is 0 Å². The van der Waals surface area contributed by atoms with Crippen LogP contribution in [0.3, 0.4) is 0 Å². The fraction of sp³-hybridized carbons (Fsp3) is 0.0625. The molecule has 3 aromatic rings. The maximum Gasteiger partial charge on any atom is 0.125 e. The minimum atomic E-state index is -0.267. The van der Waals surface area contributed by atoms with Crippen molar-refractivity contribution < 1.29 is 4.39 Å². The largest absolute Gasteiger partial charge is 0.236 e. The number of rotatable bonds is 2. The van der Waals surface area contributed by atoms with Gasteiger partial charge in [0.25, 0.3) is 0 Å². The lowest BCUT2D eigenvalue weighted by Crippen LogP contribution is -1.83. The van der Waals surface area contributed by atoms with Gasteiger partial charge in [-0.15, -0.1) is 11.3 Å². The lowest BCUT2D eigenvalue weighted by Gasteiger charge is -2.00. The molecule has 0 unspecified atom stereocenters. The molecule has 0 aliphatic carbocycles. The fourth-order valence-corrected chi connectivity index (χ4v) is 3.89. The summed E-state index contributed by atoms with van der Waals surface area (Å²) >= 11 is 8.37. The Hall–Kier alpha value is -1.04. The first-order valence-corrected chi connectivity index (χ1v) is 8.63. The van der Waals surface area contributed by atoms with Gasteiger partial charge in [-0.2, -0.15) is 0 Å². The summed E-state index contributed by atoms with van der Waals surface area (Å²) < 4.78 is 15.3. The Morgan fingerprint density at radius 2 is 1.76 bits per heavy atom. The SMILES string of the molecule is Cc1sc(-c2cc(F)cc(Br)c2)nc1-c1cccc(Br)c1. The molecule has 1 aromatic heterocycles. The Bertz CT molecular complexity index is 794. The Morgan fingerprint density at radius 1 is 1.00 bits per heavy atom. The van der Waals surface area contributed by atoms with Crippen molar-refractivity contribution in [3.05, 3.63) is 62.1 Å². The first-order valence-electron chi connectivity index (χ1n) is 6.23. The third-order valence-corrected chi connectivity index (χ3v) is 4.98. The smallest absolute Gasteiger partial charge is 0.125 e. The van der Waals surface area contributed by atoms with E-state index >= 15 is 0 Å². The van der Waals surface area contributed by atoms with Crippen molar-refractivity contribution in [3.63, 3.8) is 0 Å². The highest BCUT2D eigenvalue weighted by Crippen LogP contribution is 2.35. The van der Waals surface area contributed by atoms with Crippen LogP contribution in [-0.4, -0.2) is 4.98 Å². The van der Waals surface area contributed by atoms with Gasteiger partial charge in [-0.3, -0.25) is 0 Å². The van der Waals surface area contributed by atoms with Crippen LogP contribution in [-0.2, 0) is 0 Å². The predicted molar refractivity (Wildman–Crippen MR) is 93.1 cm³/mol. The van der Waals surface area contributed by atoms with Gasteiger partial charge in [0.1, 0.15) is 10.8 Å². The summed E-state index contributed by atoms with van der Waals surface area (Å²) in [6.45, 7) is 2.03. The van der Waals surface area contributed by atoms with E-state index in [2.05, 4.69) is 36.8 Å². The van der Waals surface area contributed by atoms with Crippen LogP contribution in [0.15, 0.2) is 51.4 Å². The Morgan fingerprint density at radius 3 is 2.48 bits per heavy atom. The summed E-state index contributed by atoms with van der Waals surface area (Å²) in [7, 11) is 0. The van der Waals surface area contributed by atoms with Crippen LogP contribution in [0, 0.1) is 12.7 Å². The molecular formula is C16H10Br2FNS.